The molecule has 0 radical (unpaired) electrons. The van der Waals surface area contributed by atoms with Crippen molar-refractivity contribution in [2.75, 3.05) is 19.7 Å². The molecule has 5 nitrogen and oxygen atoms in total. The Hall–Kier alpha value is -2.66. The molecule has 1 atom stereocenters. The second-order valence-corrected chi connectivity index (χ2v) is 6.68. The van der Waals surface area contributed by atoms with Gasteiger partial charge in [-0.25, -0.2) is 4.79 Å². The first-order chi connectivity index (χ1) is 12.6. The molecule has 0 bridgehead atoms. The highest BCUT2D eigenvalue weighted by Gasteiger charge is 2.26. The van der Waals surface area contributed by atoms with Crippen molar-refractivity contribution in [3.63, 3.8) is 0 Å². The highest BCUT2D eigenvalue weighted by molar-refractivity contribution is 5.88. The van der Waals surface area contributed by atoms with Crippen LogP contribution in [-0.4, -0.2) is 41.6 Å². The summed E-state index contributed by atoms with van der Waals surface area (Å²) in [7, 11) is 0. The van der Waals surface area contributed by atoms with E-state index in [9.17, 15) is 9.59 Å². The monoisotopic (exact) mass is 353 g/mol. The molecule has 1 saturated heterocycles. The van der Waals surface area contributed by atoms with Gasteiger partial charge < -0.3 is 14.7 Å². The highest BCUT2D eigenvalue weighted by Crippen LogP contribution is 2.19. The molecule has 2 aromatic rings. The molecule has 0 aromatic heterocycles. The van der Waals surface area contributed by atoms with Crippen molar-refractivity contribution in [1.29, 1.82) is 0 Å². The quantitative estimate of drug-likeness (QED) is 0.831. The normalized spacial score (nSPS) is 16.6. The fourth-order valence-corrected chi connectivity index (χ4v) is 3.21. The Morgan fingerprint density at radius 2 is 1.85 bits per heavy atom. The van der Waals surface area contributed by atoms with Crippen molar-refractivity contribution in [2.45, 2.75) is 19.4 Å². The van der Waals surface area contributed by atoms with E-state index in [-0.39, 0.29) is 17.9 Å². The summed E-state index contributed by atoms with van der Waals surface area (Å²) < 4.78 is 5.79. The Bertz CT molecular complexity index is 760. The Morgan fingerprint density at radius 1 is 1.08 bits per heavy atom. The zero-order chi connectivity index (χ0) is 18.4. The Kier molecular flexibility index (Phi) is 6.02. The van der Waals surface area contributed by atoms with Crippen LogP contribution in [-0.2, 0) is 22.6 Å². The van der Waals surface area contributed by atoms with Gasteiger partial charge in [-0.2, -0.15) is 0 Å². The lowest BCUT2D eigenvalue weighted by molar-refractivity contribution is -0.129. The molecular weight excluding hydrogens is 330 g/mol. The van der Waals surface area contributed by atoms with Gasteiger partial charge in [0.2, 0.25) is 5.91 Å². The van der Waals surface area contributed by atoms with Crippen LogP contribution in [0, 0.1) is 5.92 Å². The molecule has 3 rings (SSSR count). The highest BCUT2D eigenvalue weighted by atomic mass is 16.5. The zero-order valence-electron chi connectivity index (χ0n) is 14.6. The van der Waals surface area contributed by atoms with Crippen molar-refractivity contribution in [3.8, 4) is 0 Å². The summed E-state index contributed by atoms with van der Waals surface area (Å²) in [5, 5.41) is 9.05. The van der Waals surface area contributed by atoms with Gasteiger partial charge in [0.05, 0.1) is 25.2 Å². The van der Waals surface area contributed by atoms with Gasteiger partial charge in [0.1, 0.15) is 0 Å². The molecule has 26 heavy (non-hydrogen) atoms. The number of rotatable bonds is 7. The molecular formula is C21H23NO4. The van der Waals surface area contributed by atoms with Crippen LogP contribution in [0.3, 0.4) is 0 Å². The molecule has 136 valence electrons. The lowest BCUT2D eigenvalue weighted by Gasteiger charge is -2.17. The Labute approximate surface area is 153 Å². The fraction of sp³-hybridized carbons (Fsp3) is 0.333. The molecule has 0 saturated carbocycles. The molecule has 1 aliphatic rings. The van der Waals surface area contributed by atoms with E-state index in [1.165, 1.54) is 6.07 Å². The molecule has 5 heteroatoms. The second kappa shape index (κ2) is 8.63. The minimum atomic E-state index is -0.976. The summed E-state index contributed by atoms with van der Waals surface area (Å²) in [6, 6.07) is 16.6. The third-order valence-corrected chi connectivity index (χ3v) is 4.63. The predicted molar refractivity (Wildman–Crippen MR) is 97.9 cm³/mol. The molecule has 1 amide bonds. The molecule has 1 unspecified atom stereocenters. The molecule has 1 fully saturated rings. The van der Waals surface area contributed by atoms with E-state index in [0.29, 0.717) is 25.7 Å². The standard InChI is InChI=1S/C21H23NO4/c23-20(12-17-7-4-8-19(11-17)21(24)25)22-10-9-18(13-22)15-26-14-16-5-2-1-3-6-16/h1-8,11,18H,9-10,12-15H2,(H,24,25). The van der Waals surface area contributed by atoms with Crippen LogP contribution < -0.4 is 0 Å². The number of carbonyl (C=O) groups excluding carboxylic acids is 1. The number of carboxylic acids is 1. The smallest absolute Gasteiger partial charge is 0.335 e. The maximum Gasteiger partial charge on any atom is 0.335 e. The molecule has 1 N–H and O–H groups in total. The predicted octanol–water partition coefficient (Wildman–Crippen LogP) is 2.99. The molecule has 0 aliphatic carbocycles. The average Bonchev–Trinajstić information content (AvgIpc) is 3.12. The number of benzene rings is 2. The molecule has 1 aliphatic heterocycles. The fourth-order valence-electron chi connectivity index (χ4n) is 3.21. The van der Waals surface area contributed by atoms with Gasteiger partial charge in [0, 0.05) is 19.0 Å². The van der Waals surface area contributed by atoms with Crippen molar-refractivity contribution in [1.82, 2.24) is 4.90 Å². The van der Waals surface area contributed by atoms with Gasteiger partial charge >= 0.3 is 5.97 Å². The number of ether oxygens (including phenoxy) is 1. The third kappa shape index (κ3) is 4.92. The summed E-state index contributed by atoms with van der Waals surface area (Å²) in [6.45, 7) is 2.67. The first kappa shape index (κ1) is 18.1. The Morgan fingerprint density at radius 3 is 2.62 bits per heavy atom. The van der Waals surface area contributed by atoms with Crippen LogP contribution in [0.2, 0.25) is 0 Å². The van der Waals surface area contributed by atoms with Crippen LogP contribution in [0.25, 0.3) is 0 Å². The van der Waals surface area contributed by atoms with Crippen LogP contribution in [0.1, 0.15) is 27.9 Å². The lowest BCUT2D eigenvalue weighted by atomic mass is 10.1. The first-order valence-corrected chi connectivity index (χ1v) is 8.83. The number of carbonyl (C=O) groups is 2. The van der Waals surface area contributed by atoms with Gasteiger partial charge in [-0.05, 0) is 29.7 Å². The van der Waals surface area contributed by atoms with Crippen molar-refractivity contribution in [2.24, 2.45) is 5.92 Å². The topological polar surface area (TPSA) is 66.8 Å². The van der Waals surface area contributed by atoms with Gasteiger partial charge in [-0.3, -0.25) is 4.79 Å². The van der Waals surface area contributed by atoms with E-state index in [1.54, 1.807) is 18.2 Å². The lowest BCUT2D eigenvalue weighted by Crippen LogP contribution is -2.30. The third-order valence-electron chi connectivity index (χ3n) is 4.63. The van der Waals surface area contributed by atoms with E-state index in [1.807, 2.05) is 35.2 Å². The SMILES string of the molecule is O=C(O)c1cccc(CC(=O)N2CCC(COCc3ccccc3)C2)c1. The maximum absolute atomic E-state index is 12.5. The minimum Gasteiger partial charge on any atom is -0.478 e. The molecule has 2 aromatic carbocycles. The van der Waals surface area contributed by atoms with E-state index in [4.69, 9.17) is 9.84 Å². The number of hydrogen-bond acceptors (Lipinski definition) is 3. The van der Waals surface area contributed by atoms with E-state index >= 15 is 0 Å². The van der Waals surface area contributed by atoms with Gasteiger partial charge in [-0.1, -0.05) is 42.5 Å². The summed E-state index contributed by atoms with van der Waals surface area (Å²) in [5.41, 5.74) is 2.10. The van der Waals surface area contributed by atoms with E-state index in [0.717, 1.165) is 24.1 Å². The largest absolute Gasteiger partial charge is 0.478 e. The Balaban J connectivity index is 1.45. The summed E-state index contributed by atoms with van der Waals surface area (Å²) >= 11 is 0. The summed E-state index contributed by atoms with van der Waals surface area (Å²) in [5.74, 6) is -0.581. The van der Waals surface area contributed by atoms with E-state index in [2.05, 4.69) is 0 Å². The second-order valence-electron chi connectivity index (χ2n) is 6.68. The van der Waals surface area contributed by atoms with Crippen LogP contribution >= 0.6 is 0 Å². The van der Waals surface area contributed by atoms with Crippen LogP contribution in [0.5, 0.6) is 0 Å². The number of hydrogen-bond donors (Lipinski definition) is 1. The number of carboxylic acid groups (broad SMARTS) is 1. The number of nitrogens with zero attached hydrogens (tertiary/aromatic N) is 1. The van der Waals surface area contributed by atoms with Gasteiger partial charge in [-0.15, -0.1) is 0 Å². The number of likely N-dealkylation sites (tertiary alicyclic amines) is 1. The summed E-state index contributed by atoms with van der Waals surface area (Å²) in [4.78, 5) is 25.4. The van der Waals surface area contributed by atoms with Crippen LogP contribution in [0.4, 0.5) is 0 Å². The van der Waals surface area contributed by atoms with Gasteiger partial charge in [0.25, 0.3) is 0 Å². The number of aromatic carboxylic acids is 1. The maximum atomic E-state index is 12.5. The molecule has 0 spiro atoms. The van der Waals surface area contributed by atoms with E-state index < -0.39 is 5.97 Å². The number of amides is 1. The average molecular weight is 353 g/mol. The van der Waals surface area contributed by atoms with Crippen molar-refractivity contribution in [3.05, 3.63) is 71.3 Å². The first-order valence-electron chi connectivity index (χ1n) is 8.83. The minimum absolute atomic E-state index is 0.0399. The van der Waals surface area contributed by atoms with Gasteiger partial charge in [0.15, 0.2) is 0 Å². The summed E-state index contributed by atoms with van der Waals surface area (Å²) in [6.07, 6.45) is 1.18. The molecule has 1 heterocycles. The zero-order valence-corrected chi connectivity index (χ0v) is 14.6. The van der Waals surface area contributed by atoms with Crippen molar-refractivity contribution < 1.29 is 19.4 Å². The van der Waals surface area contributed by atoms with Crippen LogP contribution in [0.15, 0.2) is 54.6 Å². The van der Waals surface area contributed by atoms with Crippen molar-refractivity contribution >= 4 is 11.9 Å².